The number of ether oxygens (including phenoxy) is 2. The van der Waals surface area contributed by atoms with Crippen molar-refractivity contribution in [3.8, 4) is 11.5 Å². The summed E-state index contributed by atoms with van der Waals surface area (Å²) < 4.78 is 25.2. The number of carboxylic acids is 1. The lowest BCUT2D eigenvalue weighted by atomic mass is 10.1. The van der Waals surface area contributed by atoms with Gasteiger partial charge in [0.1, 0.15) is 23.3 Å². The van der Waals surface area contributed by atoms with E-state index in [1.165, 1.54) is 19.2 Å². The van der Waals surface area contributed by atoms with E-state index in [1.54, 1.807) is 30.3 Å². The van der Waals surface area contributed by atoms with Gasteiger partial charge in [-0.25, -0.2) is 4.39 Å². The van der Waals surface area contributed by atoms with E-state index in [9.17, 15) is 14.0 Å². The predicted molar refractivity (Wildman–Crippen MR) is 116 cm³/mol. The molecule has 30 heavy (non-hydrogen) atoms. The van der Waals surface area contributed by atoms with Gasteiger partial charge < -0.3 is 14.6 Å². The molecule has 0 atom stereocenters. The molecular weight excluding hydrogens is 453 g/mol. The first-order valence-corrected chi connectivity index (χ1v) is 10.1. The highest BCUT2D eigenvalue weighted by Crippen LogP contribution is 2.35. The summed E-state index contributed by atoms with van der Waals surface area (Å²) in [4.78, 5) is 24.6. The molecule has 1 saturated heterocycles. The lowest BCUT2D eigenvalue weighted by Crippen LogP contribution is -2.33. The van der Waals surface area contributed by atoms with Crippen LogP contribution in [0.25, 0.3) is 6.08 Å². The number of benzene rings is 2. The molecule has 0 bridgehead atoms. The highest BCUT2D eigenvalue weighted by Gasteiger charge is 2.33. The van der Waals surface area contributed by atoms with Crippen LogP contribution in [0.5, 0.6) is 11.5 Å². The highest BCUT2D eigenvalue weighted by molar-refractivity contribution is 8.26. The zero-order chi connectivity index (χ0) is 21.8. The van der Waals surface area contributed by atoms with E-state index in [1.807, 2.05) is 0 Å². The van der Waals surface area contributed by atoms with Crippen molar-refractivity contribution in [3.05, 3.63) is 63.3 Å². The second-order valence-corrected chi connectivity index (χ2v) is 8.14. The summed E-state index contributed by atoms with van der Waals surface area (Å²) in [5.74, 6) is -1.38. The molecule has 0 aromatic heterocycles. The number of carbonyl (C=O) groups excluding carboxylic acids is 1. The normalized spacial score (nSPS) is 15.0. The van der Waals surface area contributed by atoms with Crippen molar-refractivity contribution in [1.29, 1.82) is 0 Å². The Hall–Kier alpha value is -2.62. The number of methoxy groups -OCH3 is 1. The Morgan fingerprint density at radius 3 is 2.77 bits per heavy atom. The number of aliphatic carboxylic acids is 1. The Morgan fingerprint density at radius 2 is 2.10 bits per heavy atom. The molecule has 6 nitrogen and oxygen atoms in total. The second kappa shape index (κ2) is 9.46. The van der Waals surface area contributed by atoms with Crippen LogP contribution in [0.2, 0.25) is 5.02 Å². The number of thiocarbonyl (C=S) groups is 1. The third-order valence-corrected chi connectivity index (χ3v) is 5.82. The number of carbonyl (C=O) groups is 2. The summed E-state index contributed by atoms with van der Waals surface area (Å²) in [5, 5.41) is 9.17. The Kier molecular flexibility index (Phi) is 6.96. The molecule has 0 saturated carbocycles. The van der Waals surface area contributed by atoms with E-state index in [4.69, 9.17) is 38.4 Å². The topological polar surface area (TPSA) is 76.1 Å². The SMILES string of the molecule is COc1ccc(/C=C2/SC(=S)N(CC(=O)O)C2=O)cc1OCc1c(F)cccc1Cl. The van der Waals surface area contributed by atoms with Gasteiger partial charge in [-0.3, -0.25) is 14.5 Å². The number of hydrogen-bond acceptors (Lipinski definition) is 6. The Labute approximate surface area is 186 Å². The van der Waals surface area contributed by atoms with Gasteiger partial charge in [0.05, 0.1) is 17.0 Å². The van der Waals surface area contributed by atoms with Gasteiger partial charge in [0, 0.05) is 5.56 Å². The quantitative estimate of drug-likeness (QED) is 0.479. The molecule has 0 unspecified atom stereocenters. The van der Waals surface area contributed by atoms with Crippen LogP contribution >= 0.6 is 35.6 Å². The highest BCUT2D eigenvalue weighted by atomic mass is 35.5. The molecule has 0 radical (unpaired) electrons. The lowest BCUT2D eigenvalue weighted by Gasteiger charge is -2.13. The van der Waals surface area contributed by atoms with Crippen LogP contribution in [0.1, 0.15) is 11.1 Å². The van der Waals surface area contributed by atoms with Gasteiger partial charge in [-0.05, 0) is 35.9 Å². The third-order valence-electron chi connectivity index (χ3n) is 4.09. The van der Waals surface area contributed by atoms with Gasteiger partial charge in [0.15, 0.2) is 11.5 Å². The number of halogens is 2. The zero-order valence-electron chi connectivity index (χ0n) is 15.6. The third kappa shape index (κ3) is 4.92. The fraction of sp³-hybridized carbons (Fsp3) is 0.150. The van der Waals surface area contributed by atoms with Crippen molar-refractivity contribution in [1.82, 2.24) is 4.90 Å². The Bertz CT molecular complexity index is 1040. The second-order valence-electron chi connectivity index (χ2n) is 6.06. The molecule has 0 spiro atoms. The van der Waals surface area contributed by atoms with Gasteiger partial charge in [-0.15, -0.1) is 0 Å². The van der Waals surface area contributed by atoms with E-state index in [2.05, 4.69) is 0 Å². The molecule has 156 valence electrons. The molecule has 1 aliphatic heterocycles. The van der Waals surface area contributed by atoms with Crippen LogP contribution in [-0.4, -0.2) is 39.9 Å². The molecule has 3 rings (SSSR count). The predicted octanol–water partition coefficient (Wildman–Crippen LogP) is 4.35. The molecule has 1 aliphatic rings. The van der Waals surface area contributed by atoms with Crippen LogP contribution in [0.4, 0.5) is 4.39 Å². The first kappa shape index (κ1) is 22.1. The van der Waals surface area contributed by atoms with Crippen molar-refractivity contribution in [3.63, 3.8) is 0 Å². The molecule has 1 N–H and O–H groups in total. The first-order chi connectivity index (χ1) is 14.3. The zero-order valence-corrected chi connectivity index (χ0v) is 17.9. The lowest BCUT2D eigenvalue weighted by molar-refractivity contribution is -0.140. The largest absolute Gasteiger partial charge is 0.493 e. The van der Waals surface area contributed by atoms with E-state index in [0.717, 1.165) is 16.7 Å². The fourth-order valence-corrected chi connectivity index (χ4v) is 4.11. The minimum absolute atomic E-state index is 0.119. The monoisotopic (exact) mass is 467 g/mol. The number of carboxylic acid groups (broad SMARTS) is 1. The van der Waals surface area contributed by atoms with Gasteiger partial charge in [0.25, 0.3) is 5.91 Å². The van der Waals surface area contributed by atoms with Crippen LogP contribution in [0.15, 0.2) is 41.3 Å². The number of hydrogen-bond donors (Lipinski definition) is 1. The fourth-order valence-electron chi connectivity index (χ4n) is 2.64. The maximum Gasteiger partial charge on any atom is 0.323 e. The number of amides is 1. The summed E-state index contributed by atoms with van der Waals surface area (Å²) >= 11 is 12.1. The molecular formula is C20H15ClFNO5S2. The van der Waals surface area contributed by atoms with Crippen molar-refractivity contribution < 1.29 is 28.6 Å². The van der Waals surface area contributed by atoms with Crippen molar-refractivity contribution in [2.75, 3.05) is 13.7 Å². The van der Waals surface area contributed by atoms with Crippen LogP contribution in [0, 0.1) is 5.82 Å². The Balaban J connectivity index is 1.84. The molecule has 0 aliphatic carbocycles. The summed E-state index contributed by atoms with van der Waals surface area (Å²) in [6, 6.07) is 9.32. The molecule has 2 aromatic carbocycles. The van der Waals surface area contributed by atoms with E-state index in [0.29, 0.717) is 17.1 Å². The van der Waals surface area contributed by atoms with Gasteiger partial charge >= 0.3 is 5.97 Å². The average molecular weight is 468 g/mol. The van der Waals surface area contributed by atoms with E-state index in [-0.39, 0.29) is 26.4 Å². The molecule has 1 heterocycles. The van der Waals surface area contributed by atoms with Crippen LogP contribution in [-0.2, 0) is 16.2 Å². The van der Waals surface area contributed by atoms with Gasteiger partial charge in [0.2, 0.25) is 0 Å². The summed E-state index contributed by atoms with van der Waals surface area (Å²) in [7, 11) is 1.47. The maximum absolute atomic E-state index is 14.0. The Morgan fingerprint density at radius 1 is 1.33 bits per heavy atom. The van der Waals surface area contributed by atoms with Gasteiger partial charge in [-0.2, -0.15) is 0 Å². The smallest absolute Gasteiger partial charge is 0.323 e. The van der Waals surface area contributed by atoms with E-state index >= 15 is 0 Å². The van der Waals surface area contributed by atoms with Crippen LogP contribution in [0.3, 0.4) is 0 Å². The van der Waals surface area contributed by atoms with Crippen LogP contribution < -0.4 is 9.47 Å². The van der Waals surface area contributed by atoms with Crippen molar-refractivity contribution in [2.45, 2.75) is 6.61 Å². The minimum Gasteiger partial charge on any atom is -0.493 e. The first-order valence-electron chi connectivity index (χ1n) is 8.51. The summed E-state index contributed by atoms with van der Waals surface area (Å²) in [6.07, 6.45) is 1.57. The van der Waals surface area contributed by atoms with Crippen molar-refractivity contribution in [2.24, 2.45) is 0 Å². The van der Waals surface area contributed by atoms with Crippen molar-refractivity contribution >= 4 is 57.9 Å². The molecule has 2 aromatic rings. The minimum atomic E-state index is -1.15. The standard InChI is InChI=1S/C20H15ClFNO5S2/c1-27-15-6-5-11(8-17-19(26)23(9-18(24)25)20(29)30-17)7-16(15)28-10-12-13(21)3-2-4-14(12)22/h2-8H,9-10H2,1H3,(H,24,25)/b17-8+. The van der Waals surface area contributed by atoms with E-state index < -0.39 is 24.2 Å². The number of thioether (sulfide) groups is 1. The van der Waals surface area contributed by atoms with Gasteiger partial charge in [-0.1, -0.05) is 47.7 Å². The molecule has 10 heteroatoms. The number of nitrogens with zero attached hydrogens (tertiary/aromatic N) is 1. The molecule has 1 amide bonds. The summed E-state index contributed by atoms with van der Waals surface area (Å²) in [5.41, 5.74) is 0.808. The number of rotatable bonds is 7. The molecule has 1 fully saturated rings. The summed E-state index contributed by atoms with van der Waals surface area (Å²) in [6.45, 7) is -0.617. The average Bonchev–Trinajstić information content (AvgIpc) is 2.95. The maximum atomic E-state index is 14.0.